The average molecular weight is 213 g/mol. The van der Waals surface area contributed by atoms with Crippen molar-refractivity contribution in [3.63, 3.8) is 0 Å². The van der Waals surface area contributed by atoms with Gasteiger partial charge in [0.15, 0.2) is 0 Å². The Kier molecular flexibility index (Phi) is 2.19. The summed E-state index contributed by atoms with van der Waals surface area (Å²) in [6.45, 7) is 4.24. The minimum atomic E-state index is -0.962. The van der Waals surface area contributed by atoms with Gasteiger partial charge >= 0.3 is 5.97 Å². The summed E-state index contributed by atoms with van der Waals surface area (Å²) in [6.07, 6.45) is 2.32. The fourth-order valence-corrected chi connectivity index (χ4v) is 3.43. The number of rotatable bonds is 2. The fraction of sp³-hybridized carbons (Fsp3) is 0.444. The Morgan fingerprint density at radius 2 is 2.43 bits per heavy atom. The maximum atomic E-state index is 11.6. The number of carbonyl (C=O) groups is 1. The monoisotopic (exact) mass is 213 g/mol. The highest BCUT2D eigenvalue weighted by Crippen LogP contribution is 2.33. The Bertz CT molecular complexity index is 361. The van der Waals surface area contributed by atoms with E-state index in [1.165, 1.54) is 6.08 Å². The van der Waals surface area contributed by atoms with Gasteiger partial charge in [-0.15, -0.1) is 0 Å². The van der Waals surface area contributed by atoms with Gasteiger partial charge in [0.05, 0.1) is 5.75 Å². The summed E-state index contributed by atoms with van der Waals surface area (Å²) in [5.41, 5.74) is 0.877. The summed E-state index contributed by atoms with van der Waals surface area (Å²) in [5, 5.41) is 8.92. The van der Waals surface area contributed by atoms with E-state index in [9.17, 15) is 9.00 Å². The van der Waals surface area contributed by atoms with Crippen LogP contribution in [0, 0.1) is 0 Å². The van der Waals surface area contributed by atoms with Crippen LogP contribution in [0.4, 0.5) is 0 Å². The highest BCUT2D eigenvalue weighted by atomic mass is 32.2. The standard InChI is InChI=1S/C9H11NO3S/c1-2-6-5-14(13)7-3-4-10(7)8(6)9(11)12/h2,7H,1,3-5H2,(H,11,12). The van der Waals surface area contributed by atoms with Crippen LogP contribution in [-0.4, -0.2) is 37.9 Å². The van der Waals surface area contributed by atoms with Gasteiger partial charge in [-0.1, -0.05) is 12.7 Å². The summed E-state index contributed by atoms with van der Waals surface area (Å²) in [5.74, 6) is -0.618. The molecule has 14 heavy (non-hydrogen) atoms. The van der Waals surface area contributed by atoms with Crippen molar-refractivity contribution in [1.82, 2.24) is 4.90 Å². The normalized spacial score (nSPS) is 30.7. The number of carboxylic acids is 1. The first-order chi connectivity index (χ1) is 6.65. The van der Waals surface area contributed by atoms with Gasteiger partial charge in [0.2, 0.25) is 0 Å². The van der Waals surface area contributed by atoms with Crippen molar-refractivity contribution < 1.29 is 14.1 Å². The Labute approximate surface area is 84.4 Å². The van der Waals surface area contributed by atoms with E-state index in [0.717, 1.165) is 6.42 Å². The molecule has 4 nitrogen and oxygen atoms in total. The first-order valence-corrected chi connectivity index (χ1v) is 5.76. The molecule has 0 spiro atoms. The second-order valence-electron chi connectivity index (χ2n) is 3.34. The zero-order valence-corrected chi connectivity index (χ0v) is 8.42. The van der Waals surface area contributed by atoms with E-state index in [2.05, 4.69) is 6.58 Å². The molecule has 0 saturated carbocycles. The summed E-state index contributed by atoms with van der Waals surface area (Å²) >= 11 is 0. The molecular weight excluding hydrogens is 202 g/mol. The van der Waals surface area contributed by atoms with Crippen LogP contribution in [0.2, 0.25) is 0 Å². The van der Waals surface area contributed by atoms with Crippen molar-refractivity contribution in [1.29, 1.82) is 0 Å². The van der Waals surface area contributed by atoms with Crippen LogP contribution in [0.3, 0.4) is 0 Å². The lowest BCUT2D eigenvalue weighted by Crippen LogP contribution is -2.54. The summed E-state index contributed by atoms with van der Waals surface area (Å²) in [6, 6.07) is 0. The number of nitrogens with zero attached hydrogens (tertiary/aromatic N) is 1. The lowest BCUT2D eigenvalue weighted by Gasteiger charge is -2.45. The Hall–Kier alpha value is -1.10. The number of aliphatic carboxylic acids is 1. The summed E-state index contributed by atoms with van der Waals surface area (Å²) in [4.78, 5) is 12.7. The SMILES string of the molecule is C=CC1=C(C(=O)O)N2CCC2S(=O)C1. The molecule has 2 unspecified atom stereocenters. The van der Waals surface area contributed by atoms with Gasteiger partial charge in [-0.3, -0.25) is 4.21 Å². The second-order valence-corrected chi connectivity index (χ2v) is 4.94. The van der Waals surface area contributed by atoms with E-state index < -0.39 is 16.8 Å². The van der Waals surface area contributed by atoms with E-state index in [4.69, 9.17) is 5.11 Å². The first kappa shape index (κ1) is 9.45. The summed E-state index contributed by atoms with van der Waals surface area (Å²) in [7, 11) is -0.962. The van der Waals surface area contributed by atoms with Crippen LogP contribution in [-0.2, 0) is 15.6 Å². The first-order valence-electron chi connectivity index (χ1n) is 4.38. The van der Waals surface area contributed by atoms with E-state index in [1.54, 1.807) is 4.90 Å². The third-order valence-electron chi connectivity index (χ3n) is 2.61. The Morgan fingerprint density at radius 1 is 1.71 bits per heavy atom. The van der Waals surface area contributed by atoms with Crippen molar-refractivity contribution in [3.8, 4) is 0 Å². The van der Waals surface area contributed by atoms with Crippen LogP contribution in [0.25, 0.3) is 0 Å². The van der Waals surface area contributed by atoms with Crippen molar-refractivity contribution in [2.75, 3.05) is 12.3 Å². The molecule has 0 aromatic heterocycles. The highest BCUT2D eigenvalue weighted by molar-refractivity contribution is 7.85. The molecule has 0 amide bonds. The third kappa shape index (κ3) is 1.19. The number of carboxylic acid groups (broad SMARTS) is 1. The van der Waals surface area contributed by atoms with Gasteiger partial charge in [0, 0.05) is 17.3 Å². The maximum absolute atomic E-state index is 11.6. The zero-order chi connectivity index (χ0) is 10.3. The topological polar surface area (TPSA) is 57.6 Å². The van der Waals surface area contributed by atoms with Crippen molar-refractivity contribution in [2.45, 2.75) is 11.8 Å². The number of hydrogen-bond donors (Lipinski definition) is 1. The molecule has 2 rings (SSSR count). The molecule has 2 aliphatic heterocycles. The molecule has 2 aliphatic rings. The van der Waals surface area contributed by atoms with Gasteiger partial charge in [0.25, 0.3) is 0 Å². The fourth-order valence-electron chi connectivity index (χ4n) is 1.81. The molecular formula is C9H11NO3S. The van der Waals surface area contributed by atoms with Gasteiger partial charge in [0.1, 0.15) is 11.1 Å². The molecule has 76 valence electrons. The lowest BCUT2D eigenvalue weighted by molar-refractivity contribution is -0.135. The number of hydrogen-bond acceptors (Lipinski definition) is 3. The van der Waals surface area contributed by atoms with Crippen molar-refractivity contribution in [2.24, 2.45) is 0 Å². The highest BCUT2D eigenvalue weighted by Gasteiger charge is 2.41. The van der Waals surface area contributed by atoms with Crippen LogP contribution in [0.15, 0.2) is 23.9 Å². The predicted octanol–water partition coefficient (Wildman–Crippen LogP) is 0.305. The molecule has 1 saturated heterocycles. The van der Waals surface area contributed by atoms with Crippen LogP contribution >= 0.6 is 0 Å². The average Bonchev–Trinajstić information content (AvgIpc) is 2.06. The number of allylic oxidation sites excluding steroid dienone is 1. The molecule has 1 N–H and O–H groups in total. The van der Waals surface area contributed by atoms with E-state index in [0.29, 0.717) is 17.9 Å². The van der Waals surface area contributed by atoms with Gasteiger partial charge in [-0.05, 0) is 12.0 Å². The maximum Gasteiger partial charge on any atom is 0.352 e. The third-order valence-corrected chi connectivity index (χ3v) is 4.30. The van der Waals surface area contributed by atoms with Crippen LogP contribution in [0.1, 0.15) is 6.42 Å². The minimum absolute atomic E-state index is 0.0789. The largest absolute Gasteiger partial charge is 0.477 e. The minimum Gasteiger partial charge on any atom is -0.477 e. The van der Waals surface area contributed by atoms with E-state index in [1.807, 2.05) is 0 Å². The van der Waals surface area contributed by atoms with Gasteiger partial charge in [-0.25, -0.2) is 4.79 Å². The predicted molar refractivity (Wildman–Crippen MR) is 53.0 cm³/mol. The molecule has 1 fully saturated rings. The molecule has 5 heteroatoms. The molecule has 0 aromatic carbocycles. The van der Waals surface area contributed by atoms with Crippen LogP contribution in [0.5, 0.6) is 0 Å². The second kappa shape index (κ2) is 3.24. The number of fused-ring (bicyclic) bond motifs is 1. The molecule has 0 aromatic rings. The van der Waals surface area contributed by atoms with E-state index in [-0.39, 0.29) is 11.1 Å². The Morgan fingerprint density at radius 3 is 2.86 bits per heavy atom. The smallest absolute Gasteiger partial charge is 0.352 e. The summed E-state index contributed by atoms with van der Waals surface area (Å²) < 4.78 is 11.6. The quantitative estimate of drug-likeness (QED) is 0.717. The molecule has 0 radical (unpaired) electrons. The molecule has 2 heterocycles. The van der Waals surface area contributed by atoms with Crippen LogP contribution < -0.4 is 0 Å². The lowest BCUT2D eigenvalue weighted by atomic mass is 10.1. The Balaban J connectivity index is 2.43. The molecule has 2 atom stereocenters. The van der Waals surface area contributed by atoms with E-state index >= 15 is 0 Å². The van der Waals surface area contributed by atoms with Crippen molar-refractivity contribution >= 4 is 16.8 Å². The molecule has 0 bridgehead atoms. The van der Waals surface area contributed by atoms with Gasteiger partial charge in [-0.2, -0.15) is 0 Å². The van der Waals surface area contributed by atoms with Crippen molar-refractivity contribution in [3.05, 3.63) is 23.9 Å². The zero-order valence-electron chi connectivity index (χ0n) is 7.60. The molecule has 0 aliphatic carbocycles. The van der Waals surface area contributed by atoms with Gasteiger partial charge < -0.3 is 10.0 Å².